The molecular formula is C21H32N2O5S. The van der Waals surface area contributed by atoms with E-state index in [1.54, 1.807) is 17.9 Å². The quantitative estimate of drug-likeness (QED) is 0.629. The highest BCUT2D eigenvalue weighted by molar-refractivity contribution is 8.02. The number of hydrogen-bond acceptors (Lipinski definition) is 5. The summed E-state index contributed by atoms with van der Waals surface area (Å²) >= 11 is 1.51. The van der Waals surface area contributed by atoms with E-state index in [2.05, 4.69) is 6.58 Å². The number of aliphatic hydroxyl groups is 1. The minimum Gasteiger partial charge on any atom is -0.481 e. The molecule has 7 atom stereocenters. The second kappa shape index (κ2) is 7.30. The van der Waals surface area contributed by atoms with E-state index in [0.717, 1.165) is 0 Å². The molecule has 8 heteroatoms. The maximum atomic E-state index is 13.9. The first kappa shape index (κ1) is 22.2. The van der Waals surface area contributed by atoms with Gasteiger partial charge in [0.15, 0.2) is 0 Å². The van der Waals surface area contributed by atoms with Crippen molar-refractivity contribution in [3.05, 3.63) is 12.7 Å². The zero-order valence-corrected chi connectivity index (χ0v) is 18.6. The Labute approximate surface area is 176 Å². The number of carboxylic acid groups (broad SMARTS) is 1. The third-order valence-corrected chi connectivity index (χ3v) is 8.91. The third kappa shape index (κ3) is 3.02. The number of amides is 2. The van der Waals surface area contributed by atoms with Crippen LogP contribution in [0.4, 0.5) is 0 Å². The van der Waals surface area contributed by atoms with Crippen LogP contribution in [0.1, 0.15) is 41.0 Å². The average molecular weight is 425 g/mol. The molecule has 2 amide bonds. The lowest BCUT2D eigenvalue weighted by molar-refractivity contribution is -0.150. The van der Waals surface area contributed by atoms with Crippen molar-refractivity contribution in [3.63, 3.8) is 0 Å². The van der Waals surface area contributed by atoms with Crippen LogP contribution in [-0.4, -0.2) is 78.6 Å². The molecule has 3 unspecified atom stereocenters. The van der Waals surface area contributed by atoms with Gasteiger partial charge in [0.1, 0.15) is 6.04 Å². The van der Waals surface area contributed by atoms with Gasteiger partial charge >= 0.3 is 5.97 Å². The van der Waals surface area contributed by atoms with Crippen molar-refractivity contribution in [3.8, 4) is 0 Å². The number of carboxylic acids is 1. The van der Waals surface area contributed by atoms with Crippen LogP contribution in [0.5, 0.6) is 0 Å². The lowest BCUT2D eigenvalue weighted by atomic mass is 9.66. The minimum atomic E-state index is -0.974. The largest absolute Gasteiger partial charge is 0.481 e. The number of fused-ring (bicyclic) bond motifs is 1. The van der Waals surface area contributed by atoms with Crippen molar-refractivity contribution in [1.29, 1.82) is 0 Å². The second-order valence-corrected chi connectivity index (χ2v) is 11.1. The number of nitrogens with zero attached hydrogens (tertiary/aromatic N) is 2. The van der Waals surface area contributed by atoms with Crippen molar-refractivity contribution in [2.75, 3.05) is 13.2 Å². The molecule has 0 saturated carbocycles. The molecule has 29 heavy (non-hydrogen) atoms. The summed E-state index contributed by atoms with van der Waals surface area (Å²) in [7, 11) is 0. The molecule has 0 aromatic carbocycles. The molecule has 0 aliphatic carbocycles. The molecule has 0 aromatic rings. The Bertz CT molecular complexity index is 735. The summed E-state index contributed by atoms with van der Waals surface area (Å²) in [5.41, 5.74) is -0.492. The zero-order valence-electron chi connectivity index (χ0n) is 17.8. The number of rotatable bonds is 6. The normalized spacial score (nSPS) is 36.8. The first-order chi connectivity index (χ1) is 13.4. The fourth-order valence-corrected chi connectivity index (χ4v) is 7.95. The van der Waals surface area contributed by atoms with Crippen LogP contribution in [0.2, 0.25) is 0 Å². The monoisotopic (exact) mass is 424 g/mol. The van der Waals surface area contributed by atoms with Crippen LogP contribution in [0.15, 0.2) is 12.7 Å². The van der Waals surface area contributed by atoms with Gasteiger partial charge in [-0.3, -0.25) is 14.4 Å². The van der Waals surface area contributed by atoms with E-state index in [9.17, 15) is 24.6 Å². The van der Waals surface area contributed by atoms with Crippen LogP contribution in [0, 0.1) is 17.8 Å². The van der Waals surface area contributed by atoms with Crippen molar-refractivity contribution in [2.24, 2.45) is 17.8 Å². The van der Waals surface area contributed by atoms with Crippen molar-refractivity contribution >= 4 is 29.5 Å². The molecule has 0 radical (unpaired) electrons. The lowest BCUT2D eigenvalue weighted by Crippen LogP contribution is -2.61. The molecule has 3 fully saturated rings. The highest BCUT2D eigenvalue weighted by atomic mass is 32.2. The highest BCUT2D eigenvalue weighted by Gasteiger charge is 2.76. The number of likely N-dealkylation sites (tertiary alicyclic amines) is 1. The fourth-order valence-electron chi connectivity index (χ4n) is 5.55. The van der Waals surface area contributed by atoms with Gasteiger partial charge in [-0.05, 0) is 40.0 Å². The molecule has 2 bridgehead atoms. The molecule has 7 nitrogen and oxygen atoms in total. The number of aliphatic hydroxyl groups excluding tert-OH is 1. The predicted molar refractivity (Wildman–Crippen MR) is 111 cm³/mol. The Kier molecular flexibility index (Phi) is 5.58. The Morgan fingerprint density at radius 2 is 2.07 bits per heavy atom. The van der Waals surface area contributed by atoms with Gasteiger partial charge < -0.3 is 20.0 Å². The standard InChI is InChI=1S/C21H32N2O5S/c1-7-8-22(20(4,5)6)18(26)16-21-11(2)9-13(29-21)14(19(27)28)15(21)17(25)23(16)12(3)10-24/h7,11-16,24H,1,8-10H2,2-6H3,(H,27,28)/t11?,12-,13+,14-,15+,16?,21?/m1/s1. The molecule has 3 aliphatic rings. The number of carbonyl (C=O) groups excluding carboxylic acids is 2. The van der Waals surface area contributed by atoms with E-state index >= 15 is 0 Å². The maximum absolute atomic E-state index is 13.9. The van der Waals surface area contributed by atoms with Gasteiger partial charge in [-0.15, -0.1) is 18.3 Å². The van der Waals surface area contributed by atoms with Gasteiger partial charge in [-0.2, -0.15) is 0 Å². The molecule has 3 rings (SSSR count). The summed E-state index contributed by atoms with van der Waals surface area (Å²) in [6, 6.07) is -1.36. The van der Waals surface area contributed by atoms with Gasteiger partial charge in [0.25, 0.3) is 0 Å². The molecule has 3 saturated heterocycles. The van der Waals surface area contributed by atoms with Gasteiger partial charge in [0.05, 0.1) is 29.2 Å². The lowest BCUT2D eigenvalue weighted by Gasteiger charge is -2.44. The Morgan fingerprint density at radius 1 is 1.45 bits per heavy atom. The number of hydrogen-bond donors (Lipinski definition) is 2. The number of aliphatic carboxylic acids is 1. The van der Waals surface area contributed by atoms with Crippen LogP contribution < -0.4 is 0 Å². The van der Waals surface area contributed by atoms with Gasteiger partial charge in [0, 0.05) is 17.3 Å². The second-order valence-electron chi connectivity index (χ2n) is 9.58. The van der Waals surface area contributed by atoms with Crippen LogP contribution in [-0.2, 0) is 14.4 Å². The molecular weight excluding hydrogens is 392 g/mol. The summed E-state index contributed by atoms with van der Waals surface area (Å²) < 4.78 is -0.782. The van der Waals surface area contributed by atoms with Crippen LogP contribution >= 0.6 is 11.8 Å². The van der Waals surface area contributed by atoms with Crippen molar-refractivity contribution in [2.45, 2.75) is 68.7 Å². The summed E-state index contributed by atoms with van der Waals surface area (Å²) in [5.74, 6) is -2.99. The number of carbonyl (C=O) groups is 3. The predicted octanol–water partition coefficient (Wildman–Crippen LogP) is 1.60. The SMILES string of the molecule is C=CCN(C(=O)C1N([C@H](C)CO)C(=O)[C@@H]2[C@H](C(=O)O)[C@@H]3CC(C)C12S3)C(C)(C)C. The van der Waals surface area contributed by atoms with E-state index in [0.29, 0.717) is 13.0 Å². The fraction of sp³-hybridized carbons (Fsp3) is 0.762. The van der Waals surface area contributed by atoms with Crippen LogP contribution in [0.3, 0.4) is 0 Å². The Morgan fingerprint density at radius 3 is 2.55 bits per heavy atom. The van der Waals surface area contributed by atoms with E-state index in [-0.39, 0.29) is 29.6 Å². The number of thioether (sulfide) groups is 1. The first-order valence-electron chi connectivity index (χ1n) is 10.2. The van der Waals surface area contributed by atoms with E-state index < -0.39 is 40.2 Å². The molecule has 3 heterocycles. The van der Waals surface area contributed by atoms with Crippen molar-refractivity contribution < 1.29 is 24.6 Å². The van der Waals surface area contributed by atoms with Gasteiger partial charge in [-0.25, -0.2) is 0 Å². The molecule has 2 N–H and O–H groups in total. The molecule has 3 aliphatic heterocycles. The highest BCUT2D eigenvalue weighted by Crippen LogP contribution is 2.68. The summed E-state index contributed by atoms with van der Waals surface area (Å²) in [4.78, 5) is 42.7. The summed E-state index contributed by atoms with van der Waals surface area (Å²) in [6.45, 7) is 13.4. The van der Waals surface area contributed by atoms with Crippen molar-refractivity contribution in [1.82, 2.24) is 9.80 Å². The Hall–Kier alpha value is -1.54. The first-order valence-corrected chi connectivity index (χ1v) is 11.1. The summed E-state index contributed by atoms with van der Waals surface area (Å²) in [6.07, 6.45) is 2.34. The smallest absolute Gasteiger partial charge is 0.308 e. The topological polar surface area (TPSA) is 98.2 Å². The zero-order chi connectivity index (χ0) is 21.9. The maximum Gasteiger partial charge on any atom is 0.308 e. The molecule has 0 aromatic heterocycles. The van der Waals surface area contributed by atoms with Gasteiger partial charge in [-0.1, -0.05) is 13.0 Å². The van der Waals surface area contributed by atoms with E-state index in [1.165, 1.54) is 16.7 Å². The molecule has 162 valence electrons. The molecule has 1 spiro atoms. The van der Waals surface area contributed by atoms with E-state index in [1.807, 2.05) is 27.7 Å². The van der Waals surface area contributed by atoms with E-state index in [4.69, 9.17) is 0 Å². The summed E-state index contributed by atoms with van der Waals surface area (Å²) in [5, 5.41) is 19.5. The average Bonchev–Trinajstić information content (AvgIpc) is 3.21. The third-order valence-electron chi connectivity index (χ3n) is 6.83. The van der Waals surface area contributed by atoms with Gasteiger partial charge in [0.2, 0.25) is 11.8 Å². The van der Waals surface area contributed by atoms with Crippen LogP contribution in [0.25, 0.3) is 0 Å². The minimum absolute atomic E-state index is 0.0254. The Balaban J connectivity index is 2.16.